The molecule has 0 bridgehead atoms. The van der Waals surface area contributed by atoms with E-state index in [9.17, 15) is 4.79 Å². The van der Waals surface area contributed by atoms with E-state index in [4.69, 9.17) is 10.5 Å². The molecule has 0 rings (SSSR count). The van der Waals surface area contributed by atoms with Crippen molar-refractivity contribution in [2.45, 2.75) is 53.6 Å². The van der Waals surface area contributed by atoms with Gasteiger partial charge in [0.2, 0.25) is 0 Å². The van der Waals surface area contributed by atoms with Crippen LogP contribution in [0.3, 0.4) is 0 Å². The molecule has 0 saturated heterocycles. The standard InChI is InChI=1S/C13H27NO2/c1-9(2)10(3)11(8-14)7-12(15)16-13(4,5)6/h9-11H,7-8,14H2,1-6H3. The third kappa shape index (κ3) is 6.11. The third-order valence-corrected chi connectivity index (χ3v) is 2.95. The molecule has 0 aromatic rings. The van der Waals surface area contributed by atoms with Gasteiger partial charge in [0.1, 0.15) is 5.60 Å². The Morgan fingerprint density at radius 1 is 1.25 bits per heavy atom. The van der Waals surface area contributed by atoms with Crippen LogP contribution in [-0.2, 0) is 9.53 Å². The zero-order valence-electron chi connectivity index (χ0n) is 11.5. The minimum Gasteiger partial charge on any atom is -0.460 e. The number of nitrogens with two attached hydrogens (primary N) is 1. The van der Waals surface area contributed by atoms with Crippen molar-refractivity contribution in [1.29, 1.82) is 0 Å². The van der Waals surface area contributed by atoms with E-state index in [0.717, 1.165) is 0 Å². The quantitative estimate of drug-likeness (QED) is 0.737. The fourth-order valence-electron chi connectivity index (χ4n) is 1.63. The molecule has 3 heteroatoms. The van der Waals surface area contributed by atoms with Crippen LogP contribution >= 0.6 is 0 Å². The second-order valence-corrected chi connectivity index (χ2v) is 5.89. The van der Waals surface area contributed by atoms with Crippen LogP contribution in [0.4, 0.5) is 0 Å². The molecule has 96 valence electrons. The lowest BCUT2D eigenvalue weighted by Crippen LogP contribution is -2.31. The van der Waals surface area contributed by atoms with Gasteiger partial charge < -0.3 is 10.5 Å². The number of hydrogen-bond acceptors (Lipinski definition) is 3. The summed E-state index contributed by atoms with van der Waals surface area (Å²) in [4.78, 5) is 11.7. The number of carbonyl (C=O) groups is 1. The van der Waals surface area contributed by atoms with Gasteiger partial charge in [0, 0.05) is 6.42 Å². The normalized spacial score (nSPS) is 16.0. The second kappa shape index (κ2) is 6.24. The molecular formula is C13H27NO2. The highest BCUT2D eigenvalue weighted by Gasteiger charge is 2.24. The van der Waals surface area contributed by atoms with Crippen molar-refractivity contribution in [3.05, 3.63) is 0 Å². The zero-order chi connectivity index (χ0) is 12.9. The zero-order valence-corrected chi connectivity index (χ0v) is 11.5. The highest BCUT2D eigenvalue weighted by molar-refractivity contribution is 5.70. The lowest BCUT2D eigenvalue weighted by molar-refractivity contribution is -0.156. The molecule has 0 heterocycles. The Labute approximate surface area is 99.7 Å². The molecule has 0 aliphatic carbocycles. The van der Waals surface area contributed by atoms with E-state index in [1.54, 1.807) is 0 Å². The molecular weight excluding hydrogens is 202 g/mol. The Morgan fingerprint density at radius 3 is 2.06 bits per heavy atom. The number of carbonyl (C=O) groups excluding carboxylic acids is 1. The minimum atomic E-state index is -0.405. The number of rotatable bonds is 5. The first-order valence-electron chi connectivity index (χ1n) is 6.09. The van der Waals surface area contributed by atoms with Gasteiger partial charge in [0.05, 0.1) is 0 Å². The van der Waals surface area contributed by atoms with E-state index in [2.05, 4.69) is 20.8 Å². The maximum Gasteiger partial charge on any atom is 0.306 e. The van der Waals surface area contributed by atoms with Crippen molar-refractivity contribution in [3.8, 4) is 0 Å². The SMILES string of the molecule is CC(C)C(C)C(CN)CC(=O)OC(C)(C)C. The molecule has 0 radical (unpaired) electrons. The Kier molecular flexibility index (Phi) is 6.01. The van der Waals surface area contributed by atoms with Crippen LogP contribution in [0.5, 0.6) is 0 Å². The maximum absolute atomic E-state index is 11.7. The molecule has 2 atom stereocenters. The molecule has 16 heavy (non-hydrogen) atoms. The number of ether oxygens (including phenoxy) is 1. The number of esters is 1. The average molecular weight is 229 g/mol. The Bertz CT molecular complexity index is 218. The van der Waals surface area contributed by atoms with Crippen LogP contribution in [0.25, 0.3) is 0 Å². The van der Waals surface area contributed by atoms with Gasteiger partial charge >= 0.3 is 5.97 Å². The van der Waals surface area contributed by atoms with E-state index in [0.29, 0.717) is 24.8 Å². The van der Waals surface area contributed by atoms with Crippen molar-refractivity contribution < 1.29 is 9.53 Å². The van der Waals surface area contributed by atoms with Crippen LogP contribution in [0.2, 0.25) is 0 Å². The summed E-state index contributed by atoms with van der Waals surface area (Å²) in [6.07, 6.45) is 0.424. The fourth-order valence-corrected chi connectivity index (χ4v) is 1.63. The first-order valence-corrected chi connectivity index (χ1v) is 6.09. The van der Waals surface area contributed by atoms with Crippen molar-refractivity contribution in [1.82, 2.24) is 0 Å². The average Bonchev–Trinajstić information content (AvgIpc) is 2.09. The molecule has 0 spiro atoms. The summed E-state index contributed by atoms with van der Waals surface area (Å²) < 4.78 is 5.31. The lowest BCUT2D eigenvalue weighted by atomic mass is 9.83. The van der Waals surface area contributed by atoms with E-state index in [1.165, 1.54) is 0 Å². The van der Waals surface area contributed by atoms with Gasteiger partial charge in [-0.3, -0.25) is 4.79 Å². The van der Waals surface area contributed by atoms with Crippen LogP contribution in [0.1, 0.15) is 48.0 Å². The highest BCUT2D eigenvalue weighted by Crippen LogP contribution is 2.23. The van der Waals surface area contributed by atoms with E-state index in [1.807, 2.05) is 20.8 Å². The van der Waals surface area contributed by atoms with Crippen molar-refractivity contribution in [2.75, 3.05) is 6.54 Å². The second-order valence-electron chi connectivity index (χ2n) is 5.89. The van der Waals surface area contributed by atoms with Gasteiger partial charge in [-0.2, -0.15) is 0 Å². The van der Waals surface area contributed by atoms with E-state index >= 15 is 0 Å². The molecule has 2 unspecified atom stereocenters. The van der Waals surface area contributed by atoms with Crippen LogP contribution < -0.4 is 5.73 Å². The summed E-state index contributed by atoms with van der Waals surface area (Å²) in [6, 6.07) is 0. The first-order chi connectivity index (χ1) is 7.17. The monoisotopic (exact) mass is 229 g/mol. The molecule has 0 saturated carbocycles. The first kappa shape index (κ1) is 15.4. The molecule has 0 fully saturated rings. The molecule has 2 N–H and O–H groups in total. The summed E-state index contributed by atoms with van der Waals surface area (Å²) in [5, 5.41) is 0. The largest absolute Gasteiger partial charge is 0.460 e. The predicted molar refractivity (Wildman–Crippen MR) is 67.0 cm³/mol. The summed E-state index contributed by atoms with van der Waals surface area (Å²) in [7, 11) is 0. The van der Waals surface area contributed by atoms with E-state index < -0.39 is 5.60 Å². The van der Waals surface area contributed by atoms with Gasteiger partial charge in [0.25, 0.3) is 0 Å². The molecule has 0 aliphatic heterocycles. The van der Waals surface area contributed by atoms with Gasteiger partial charge in [-0.25, -0.2) is 0 Å². The van der Waals surface area contributed by atoms with E-state index in [-0.39, 0.29) is 11.9 Å². The van der Waals surface area contributed by atoms with Crippen LogP contribution in [-0.4, -0.2) is 18.1 Å². The van der Waals surface area contributed by atoms with Crippen LogP contribution in [0, 0.1) is 17.8 Å². The lowest BCUT2D eigenvalue weighted by Gasteiger charge is -2.27. The maximum atomic E-state index is 11.7. The van der Waals surface area contributed by atoms with Crippen molar-refractivity contribution >= 4 is 5.97 Å². The molecule has 0 aromatic heterocycles. The van der Waals surface area contributed by atoms with Gasteiger partial charge in [-0.1, -0.05) is 20.8 Å². The van der Waals surface area contributed by atoms with Gasteiger partial charge in [-0.15, -0.1) is 0 Å². The van der Waals surface area contributed by atoms with Gasteiger partial charge in [-0.05, 0) is 45.1 Å². The fraction of sp³-hybridized carbons (Fsp3) is 0.923. The molecule has 0 aromatic carbocycles. The summed E-state index contributed by atoms with van der Waals surface area (Å²) >= 11 is 0. The van der Waals surface area contributed by atoms with Crippen molar-refractivity contribution in [2.24, 2.45) is 23.5 Å². The number of hydrogen-bond donors (Lipinski definition) is 1. The molecule has 3 nitrogen and oxygen atoms in total. The Balaban J connectivity index is 4.28. The smallest absolute Gasteiger partial charge is 0.306 e. The minimum absolute atomic E-state index is 0.143. The molecule has 0 amide bonds. The third-order valence-electron chi connectivity index (χ3n) is 2.95. The Morgan fingerprint density at radius 2 is 1.75 bits per heavy atom. The van der Waals surface area contributed by atoms with Crippen molar-refractivity contribution in [3.63, 3.8) is 0 Å². The Hall–Kier alpha value is -0.570. The summed E-state index contributed by atoms with van der Waals surface area (Å²) in [5.74, 6) is 1.05. The van der Waals surface area contributed by atoms with Crippen LogP contribution in [0.15, 0.2) is 0 Å². The summed E-state index contributed by atoms with van der Waals surface area (Å²) in [6.45, 7) is 12.6. The molecule has 0 aliphatic rings. The topological polar surface area (TPSA) is 52.3 Å². The predicted octanol–water partition coefficient (Wildman–Crippen LogP) is 2.59. The highest BCUT2D eigenvalue weighted by atomic mass is 16.6. The van der Waals surface area contributed by atoms with Gasteiger partial charge in [0.15, 0.2) is 0 Å². The summed E-state index contributed by atoms with van der Waals surface area (Å²) in [5.41, 5.74) is 5.31.